The number of carbonyl (C=O) groups is 2. The number of carbonyl (C=O) groups excluding carboxylic acids is 1. The molecule has 1 rings (SSSR count). The van der Waals surface area contributed by atoms with Crippen LogP contribution >= 0.6 is 0 Å². The third kappa shape index (κ3) is 4.72. The van der Waals surface area contributed by atoms with Crippen molar-refractivity contribution in [3.05, 3.63) is 0 Å². The summed E-state index contributed by atoms with van der Waals surface area (Å²) in [5.41, 5.74) is 0. The van der Waals surface area contributed by atoms with E-state index in [2.05, 4.69) is 0 Å². The van der Waals surface area contributed by atoms with E-state index in [0.717, 1.165) is 12.8 Å². The van der Waals surface area contributed by atoms with Crippen molar-refractivity contribution in [2.75, 3.05) is 26.7 Å². The molecule has 20 heavy (non-hydrogen) atoms. The Bertz CT molecular complexity index is 392. The average molecular weight is 281 g/mol. The highest BCUT2D eigenvalue weighted by molar-refractivity contribution is 5.74. The lowest BCUT2D eigenvalue weighted by atomic mass is 9.85. The number of rotatable bonds is 5. The quantitative estimate of drug-likeness (QED) is 0.832. The standard InChI is InChI=1S/C14H23N3O3/c1-11(9-13(18)19)12-5-3-8-17(10-12)14(20)16(2)7-4-6-15/h11-12H,3-5,7-10H2,1-2H3,(H,18,19). The van der Waals surface area contributed by atoms with E-state index >= 15 is 0 Å². The Morgan fingerprint density at radius 1 is 1.55 bits per heavy atom. The summed E-state index contributed by atoms with van der Waals surface area (Å²) >= 11 is 0. The predicted molar refractivity (Wildman–Crippen MR) is 74.0 cm³/mol. The monoisotopic (exact) mass is 281 g/mol. The van der Waals surface area contributed by atoms with Crippen molar-refractivity contribution in [2.45, 2.75) is 32.6 Å². The van der Waals surface area contributed by atoms with Crippen molar-refractivity contribution in [2.24, 2.45) is 11.8 Å². The fraction of sp³-hybridized carbons (Fsp3) is 0.786. The second-order valence-electron chi connectivity index (χ2n) is 5.54. The van der Waals surface area contributed by atoms with Crippen LogP contribution in [0.5, 0.6) is 0 Å². The van der Waals surface area contributed by atoms with E-state index in [9.17, 15) is 9.59 Å². The largest absolute Gasteiger partial charge is 0.481 e. The summed E-state index contributed by atoms with van der Waals surface area (Å²) in [5.74, 6) is -0.465. The Labute approximate surface area is 120 Å². The molecule has 2 unspecified atom stereocenters. The van der Waals surface area contributed by atoms with E-state index in [1.54, 1.807) is 16.8 Å². The number of carboxylic acid groups (broad SMARTS) is 1. The molecule has 1 fully saturated rings. The van der Waals surface area contributed by atoms with Gasteiger partial charge in [-0.05, 0) is 24.7 Å². The molecule has 0 saturated carbocycles. The van der Waals surface area contributed by atoms with E-state index in [4.69, 9.17) is 10.4 Å². The number of nitriles is 1. The molecule has 0 aliphatic carbocycles. The first-order valence-electron chi connectivity index (χ1n) is 7.04. The van der Waals surface area contributed by atoms with Gasteiger partial charge in [-0.3, -0.25) is 4.79 Å². The molecule has 0 aromatic carbocycles. The fourth-order valence-corrected chi connectivity index (χ4v) is 2.65. The Morgan fingerprint density at radius 3 is 2.85 bits per heavy atom. The maximum absolute atomic E-state index is 12.2. The lowest BCUT2D eigenvalue weighted by molar-refractivity contribution is -0.138. The summed E-state index contributed by atoms with van der Waals surface area (Å²) in [6.45, 7) is 3.70. The zero-order chi connectivity index (χ0) is 15.1. The molecule has 0 radical (unpaired) electrons. The molecule has 1 saturated heterocycles. The fourth-order valence-electron chi connectivity index (χ4n) is 2.65. The second kappa shape index (κ2) is 7.73. The van der Waals surface area contributed by atoms with Crippen LogP contribution in [0.2, 0.25) is 0 Å². The van der Waals surface area contributed by atoms with Crippen molar-refractivity contribution in [3.63, 3.8) is 0 Å². The van der Waals surface area contributed by atoms with E-state index < -0.39 is 5.97 Å². The summed E-state index contributed by atoms with van der Waals surface area (Å²) in [7, 11) is 1.70. The maximum atomic E-state index is 12.2. The van der Waals surface area contributed by atoms with Gasteiger partial charge in [0.2, 0.25) is 0 Å². The number of hydrogen-bond donors (Lipinski definition) is 1. The highest BCUT2D eigenvalue weighted by Crippen LogP contribution is 2.26. The molecular formula is C14H23N3O3. The highest BCUT2D eigenvalue weighted by atomic mass is 16.4. The first-order chi connectivity index (χ1) is 9.45. The lowest BCUT2D eigenvalue weighted by Gasteiger charge is -2.37. The van der Waals surface area contributed by atoms with E-state index in [1.807, 2.05) is 13.0 Å². The van der Waals surface area contributed by atoms with Crippen LogP contribution in [0.25, 0.3) is 0 Å². The van der Waals surface area contributed by atoms with Gasteiger partial charge in [0.1, 0.15) is 0 Å². The van der Waals surface area contributed by atoms with Crippen molar-refractivity contribution in [1.29, 1.82) is 5.26 Å². The molecule has 2 amide bonds. The zero-order valence-electron chi connectivity index (χ0n) is 12.2. The summed E-state index contributed by atoms with van der Waals surface area (Å²) in [5, 5.41) is 17.4. The molecule has 6 nitrogen and oxygen atoms in total. The minimum atomic E-state index is -0.785. The Kier molecular flexibility index (Phi) is 6.29. The van der Waals surface area contributed by atoms with E-state index in [0.29, 0.717) is 26.1 Å². The molecule has 1 N–H and O–H groups in total. The molecule has 1 heterocycles. The van der Waals surface area contributed by atoms with Gasteiger partial charge >= 0.3 is 12.0 Å². The van der Waals surface area contributed by atoms with E-state index in [-0.39, 0.29) is 24.3 Å². The summed E-state index contributed by atoms with van der Waals surface area (Å²) in [4.78, 5) is 26.3. The Balaban J connectivity index is 2.53. The van der Waals surface area contributed by atoms with Gasteiger partial charge in [-0.2, -0.15) is 5.26 Å². The van der Waals surface area contributed by atoms with Crippen LogP contribution in [0, 0.1) is 23.2 Å². The van der Waals surface area contributed by atoms with Crippen molar-refractivity contribution >= 4 is 12.0 Å². The van der Waals surface area contributed by atoms with Crippen LogP contribution in [0.4, 0.5) is 4.79 Å². The van der Waals surface area contributed by atoms with Crippen LogP contribution in [-0.2, 0) is 4.79 Å². The van der Waals surface area contributed by atoms with Crippen molar-refractivity contribution in [1.82, 2.24) is 9.80 Å². The maximum Gasteiger partial charge on any atom is 0.319 e. The molecule has 0 bridgehead atoms. The number of carboxylic acids is 1. The van der Waals surface area contributed by atoms with Crippen molar-refractivity contribution < 1.29 is 14.7 Å². The van der Waals surface area contributed by atoms with Gasteiger partial charge in [-0.25, -0.2) is 4.79 Å². The van der Waals surface area contributed by atoms with Gasteiger partial charge < -0.3 is 14.9 Å². The predicted octanol–water partition coefficient (Wildman–Crippen LogP) is 1.77. The summed E-state index contributed by atoms with van der Waals surface area (Å²) in [6.07, 6.45) is 2.36. The van der Waals surface area contributed by atoms with Gasteiger partial charge in [-0.1, -0.05) is 6.92 Å². The number of likely N-dealkylation sites (tertiary alicyclic amines) is 1. The summed E-state index contributed by atoms with van der Waals surface area (Å²) in [6, 6.07) is 1.96. The smallest absolute Gasteiger partial charge is 0.319 e. The van der Waals surface area contributed by atoms with Crippen LogP contribution in [0.15, 0.2) is 0 Å². The van der Waals surface area contributed by atoms with Gasteiger partial charge in [-0.15, -0.1) is 0 Å². The van der Waals surface area contributed by atoms with Gasteiger partial charge in [0.15, 0.2) is 0 Å². The SMILES string of the molecule is CC(CC(=O)O)C1CCCN(C(=O)N(C)CCC#N)C1. The van der Waals surface area contributed by atoms with Crippen LogP contribution < -0.4 is 0 Å². The summed E-state index contributed by atoms with van der Waals surface area (Å²) < 4.78 is 0. The molecular weight excluding hydrogens is 258 g/mol. The third-order valence-corrected chi connectivity index (χ3v) is 3.92. The number of amides is 2. The topological polar surface area (TPSA) is 84.6 Å². The molecule has 0 aromatic heterocycles. The van der Waals surface area contributed by atoms with Crippen molar-refractivity contribution in [3.8, 4) is 6.07 Å². The molecule has 2 atom stereocenters. The van der Waals surface area contributed by atoms with Gasteiger partial charge in [0.25, 0.3) is 0 Å². The second-order valence-corrected chi connectivity index (χ2v) is 5.54. The number of hydrogen-bond acceptors (Lipinski definition) is 3. The molecule has 112 valence electrons. The average Bonchev–Trinajstić information content (AvgIpc) is 2.43. The highest BCUT2D eigenvalue weighted by Gasteiger charge is 2.29. The van der Waals surface area contributed by atoms with Gasteiger partial charge in [0.05, 0.1) is 12.5 Å². The number of piperidine rings is 1. The van der Waals surface area contributed by atoms with Gasteiger partial charge in [0, 0.05) is 33.1 Å². The van der Waals surface area contributed by atoms with Crippen LogP contribution in [-0.4, -0.2) is 53.6 Å². The first-order valence-corrected chi connectivity index (χ1v) is 7.04. The minimum Gasteiger partial charge on any atom is -0.481 e. The molecule has 0 spiro atoms. The molecule has 0 aromatic rings. The Morgan fingerprint density at radius 2 is 2.25 bits per heavy atom. The zero-order valence-corrected chi connectivity index (χ0v) is 12.2. The minimum absolute atomic E-state index is 0.0625. The number of nitrogens with zero attached hydrogens (tertiary/aromatic N) is 3. The normalized spacial score (nSPS) is 20.1. The Hall–Kier alpha value is -1.77. The molecule has 1 aliphatic rings. The molecule has 6 heteroatoms. The molecule has 1 aliphatic heterocycles. The lowest BCUT2D eigenvalue weighted by Crippen LogP contribution is -2.47. The van der Waals surface area contributed by atoms with Crippen LogP contribution in [0.1, 0.15) is 32.6 Å². The number of urea groups is 1. The van der Waals surface area contributed by atoms with Crippen LogP contribution in [0.3, 0.4) is 0 Å². The first kappa shape index (κ1) is 16.3. The number of aliphatic carboxylic acids is 1. The third-order valence-electron chi connectivity index (χ3n) is 3.92. The van der Waals surface area contributed by atoms with E-state index in [1.165, 1.54) is 0 Å².